The molecule has 0 unspecified atom stereocenters. The third-order valence-electron chi connectivity index (χ3n) is 3.12. The zero-order valence-electron chi connectivity index (χ0n) is 13.5. The summed E-state index contributed by atoms with van der Waals surface area (Å²) in [4.78, 5) is 23.3. The molecule has 0 aliphatic carbocycles. The predicted molar refractivity (Wildman–Crippen MR) is 83.3 cm³/mol. The summed E-state index contributed by atoms with van der Waals surface area (Å²) < 4.78 is 4.79. The van der Waals surface area contributed by atoms with Gasteiger partial charge < -0.3 is 10.1 Å². The summed E-state index contributed by atoms with van der Waals surface area (Å²) in [6.45, 7) is 7.99. The standard InChI is InChI=1S/C17H22N2O3/c1-12(11-18)22-15(20)9-10-19-16(21)13-5-7-14(8-6-13)17(2,3)4/h5-8,12H,9-10H2,1-4H3,(H,19,21)/t12-/m1/s1. The second-order valence-corrected chi connectivity index (χ2v) is 6.09. The van der Waals surface area contributed by atoms with Crippen molar-refractivity contribution in [3.8, 4) is 6.07 Å². The molecule has 0 radical (unpaired) electrons. The Hall–Kier alpha value is -2.35. The van der Waals surface area contributed by atoms with Crippen LogP contribution >= 0.6 is 0 Å². The fourth-order valence-corrected chi connectivity index (χ4v) is 1.78. The van der Waals surface area contributed by atoms with Crippen molar-refractivity contribution >= 4 is 11.9 Å². The van der Waals surface area contributed by atoms with Gasteiger partial charge in [-0.3, -0.25) is 9.59 Å². The van der Waals surface area contributed by atoms with Gasteiger partial charge >= 0.3 is 5.97 Å². The van der Waals surface area contributed by atoms with Crippen molar-refractivity contribution in [1.82, 2.24) is 5.32 Å². The molecule has 1 aromatic rings. The number of carbonyl (C=O) groups is 2. The van der Waals surface area contributed by atoms with Crippen LogP contribution < -0.4 is 5.32 Å². The van der Waals surface area contributed by atoms with E-state index >= 15 is 0 Å². The topological polar surface area (TPSA) is 79.2 Å². The van der Waals surface area contributed by atoms with Gasteiger partial charge in [0, 0.05) is 12.1 Å². The highest BCUT2D eigenvalue weighted by Gasteiger charge is 2.14. The molecule has 0 aliphatic heterocycles. The average molecular weight is 302 g/mol. The van der Waals surface area contributed by atoms with Crippen LogP contribution in [0.3, 0.4) is 0 Å². The number of benzene rings is 1. The Labute approximate surface area is 131 Å². The molecule has 1 N–H and O–H groups in total. The summed E-state index contributed by atoms with van der Waals surface area (Å²) in [5, 5.41) is 11.2. The van der Waals surface area contributed by atoms with Gasteiger partial charge in [-0.2, -0.15) is 5.26 Å². The molecule has 0 heterocycles. The number of hydrogen-bond donors (Lipinski definition) is 1. The molecule has 0 aromatic heterocycles. The van der Waals surface area contributed by atoms with Crippen LogP contribution in [0.5, 0.6) is 0 Å². The zero-order valence-corrected chi connectivity index (χ0v) is 13.5. The third kappa shape index (κ3) is 5.57. The molecule has 22 heavy (non-hydrogen) atoms. The minimum Gasteiger partial charge on any atom is -0.447 e. The van der Waals surface area contributed by atoms with Gasteiger partial charge in [0.1, 0.15) is 6.07 Å². The van der Waals surface area contributed by atoms with Crippen molar-refractivity contribution < 1.29 is 14.3 Å². The monoisotopic (exact) mass is 302 g/mol. The highest BCUT2D eigenvalue weighted by Crippen LogP contribution is 2.22. The quantitative estimate of drug-likeness (QED) is 0.848. The van der Waals surface area contributed by atoms with Crippen molar-refractivity contribution in [2.45, 2.75) is 45.6 Å². The number of nitrogens with zero attached hydrogens (tertiary/aromatic N) is 1. The van der Waals surface area contributed by atoms with E-state index in [4.69, 9.17) is 10.00 Å². The molecule has 0 saturated heterocycles. The number of ether oxygens (including phenoxy) is 1. The number of hydrogen-bond acceptors (Lipinski definition) is 4. The lowest BCUT2D eigenvalue weighted by atomic mass is 9.87. The van der Waals surface area contributed by atoms with E-state index in [0.717, 1.165) is 5.56 Å². The van der Waals surface area contributed by atoms with E-state index < -0.39 is 12.1 Å². The molecule has 5 nitrogen and oxygen atoms in total. The maximum atomic E-state index is 11.9. The molecule has 0 aliphatic rings. The minimum atomic E-state index is -0.770. The van der Waals surface area contributed by atoms with Gasteiger partial charge in [-0.1, -0.05) is 32.9 Å². The average Bonchev–Trinajstić information content (AvgIpc) is 2.46. The molecule has 1 aromatic carbocycles. The second-order valence-electron chi connectivity index (χ2n) is 6.09. The van der Waals surface area contributed by atoms with Gasteiger partial charge in [0.15, 0.2) is 6.10 Å². The Bertz CT molecular complexity index is 565. The van der Waals surface area contributed by atoms with Crippen LogP contribution in [-0.2, 0) is 14.9 Å². The van der Waals surface area contributed by atoms with E-state index in [1.807, 2.05) is 18.2 Å². The van der Waals surface area contributed by atoms with Crippen molar-refractivity contribution in [1.29, 1.82) is 5.26 Å². The van der Waals surface area contributed by atoms with Gasteiger partial charge in [0.2, 0.25) is 0 Å². The number of esters is 1. The Morgan fingerprint density at radius 1 is 1.27 bits per heavy atom. The fraction of sp³-hybridized carbons (Fsp3) is 0.471. The highest BCUT2D eigenvalue weighted by molar-refractivity contribution is 5.94. The van der Waals surface area contributed by atoms with Crippen LogP contribution in [-0.4, -0.2) is 24.5 Å². The smallest absolute Gasteiger partial charge is 0.308 e. The second kappa shape index (κ2) is 7.60. The summed E-state index contributed by atoms with van der Waals surface area (Å²) >= 11 is 0. The number of amides is 1. The number of nitriles is 1. The number of carbonyl (C=O) groups excluding carboxylic acids is 2. The third-order valence-corrected chi connectivity index (χ3v) is 3.12. The van der Waals surface area contributed by atoms with Gasteiger partial charge in [-0.15, -0.1) is 0 Å². The fourth-order valence-electron chi connectivity index (χ4n) is 1.78. The van der Waals surface area contributed by atoms with Crippen LogP contribution in [0.25, 0.3) is 0 Å². The lowest BCUT2D eigenvalue weighted by Crippen LogP contribution is -2.27. The molecular weight excluding hydrogens is 280 g/mol. The van der Waals surface area contributed by atoms with Crippen LogP contribution in [0.1, 0.15) is 50.0 Å². The van der Waals surface area contributed by atoms with E-state index in [1.54, 1.807) is 12.1 Å². The highest BCUT2D eigenvalue weighted by atomic mass is 16.5. The largest absolute Gasteiger partial charge is 0.447 e. The summed E-state index contributed by atoms with van der Waals surface area (Å²) in [6.07, 6.45) is -0.731. The van der Waals surface area contributed by atoms with E-state index in [9.17, 15) is 9.59 Å². The van der Waals surface area contributed by atoms with Crippen LogP contribution in [0.15, 0.2) is 24.3 Å². The first-order valence-corrected chi connectivity index (χ1v) is 7.22. The maximum Gasteiger partial charge on any atom is 0.308 e. The van der Waals surface area contributed by atoms with E-state index in [1.165, 1.54) is 6.92 Å². The summed E-state index contributed by atoms with van der Waals surface area (Å²) in [5.41, 5.74) is 1.74. The van der Waals surface area contributed by atoms with Crippen molar-refractivity contribution in [2.24, 2.45) is 0 Å². The molecule has 1 amide bonds. The molecule has 1 atom stereocenters. The van der Waals surface area contributed by atoms with Gasteiger partial charge in [-0.05, 0) is 30.0 Å². The molecule has 5 heteroatoms. The lowest BCUT2D eigenvalue weighted by Gasteiger charge is -2.19. The number of rotatable bonds is 5. The summed E-state index contributed by atoms with van der Waals surface area (Å²) in [7, 11) is 0. The first-order chi connectivity index (χ1) is 10.2. The normalized spacial score (nSPS) is 12.1. The van der Waals surface area contributed by atoms with E-state index in [2.05, 4.69) is 26.1 Å². The molecular formula is C17H22N2O3. The lowest BCUT2D eigenvalue weighted by molar-refractivity contribution is -0.145. The molecule has 0 fully saturated rings. The maximum absolute atomic E-state index is 11.9. The van der Waals surface area contributed by atoms with Crippen molar-refractivity contribution in [2.75, 3.05) is 6.54 Å². The Morgan fingerprint density at radius 2 is 1.86 bits per heavy atom. The van der Waals surface area contributed by atoms with Gasteiger partial charge in [0.25, 0.3) is 5.91 Å². The molecule has 0 bridgehead atoms. The summed E-state index contributed by atoms with van der Waals surface area (Å²) in [6, 6.07) is 9.20. The predicted octanol–water partition coefficient (Wildman–Crippen LogP) is 2.56. The minimum absolute atomic E-state index is 0.0379. The zero-order chi connectivity index (χ0) is 16.8. The Kier molecular flexibility index (Phi) is 6.11. The van der Waals surface area contributed by atoms with Gasteiger partial charge in [-0.25, -0.2) is 0 Å². The van der Waals surface area contributed by atoms with Crippen LogP contribution in [0.2, 0.25) is 0 Å². The Morgan fingerprint density at radius 3 is 2.36 bits per heavy atom. The Balaban J connectivity index is 2.46. The molecule has 0 spiro atoms. The first-order valence-electron chi connectivity index (χ1n) is 7.22. The van der Waals surface area contributed by atoms with E-state index in [0.29, 0.717) is 5.56 Å². The van der Waals surface area contributed by atoms with Crippen LogP contribution in [0, 0.1) is 11.3 Å². The SMILES string of the molecule is C[C@H](C#N)OC(=O)CCNC(=O)c1ccc(C(C)(C)C)cc1. The first kappa shape index (κ1) is 17.7. The molecule has 118 valence electrons. The molecule has 1 rings (SSSR count). The molecule has 0 saturated carbocycles. The van der Waals surface area contributed by atoms with Crippen molar-refractivity contribution in [3.63, 3.8) is 0 Å². The summed E-state index contributed by atoms with van der Waals surface area (Å²) in [5.74, 6) is -0.737. The van der Waals surface area contributed by atoms with Crippen molar-refractivity contribution in [3.05, 3.63) is 35.4 Å². The van der Waals surface area contributed by atoms with Gasteiger partial charge in [0.05, 0.1) is 6.42 Å². The van der Waals surface area contributed by atoms with Crippen LogP contribution in [0.4, 0.5) is 0 Å². The number of nitrogens with one attached hydrogen (secondary N) is 1. The van der Waals surface area contributed by atoms with E-state index in [-0.39, 0.29) is 24.3 Å².